The summed E-state index contributed by atoms with van der Waals surface area (Å²) >= 11 is 5.88. The Bertz CT molecular complexity index is 886. The Morgan fingerprint density at radius 1 is 1.17 bits per heavy atom. The van der Waals surface area contributed by atoms with Crippen LogP contribution in [0.25, 0.3) is 0 Å². The zero-order valence-electron chi connectivity index (χ0n) is 16.1. The molecule has 0 N–H and O–H groups in total. The molecule has 0 aliphatic carbocycles. The highest BCUT2D eigenvalue weighted by Crippen LogP contribution is 2.31. The first-order valence-electron chi connectivity index (χ1n) is 9.23. The van der Waals surface area contributed by atoms with E-state index in [2.05, 4.69) is 0 Å². The molecule has 0 atom stereocenters. The van der Waals surface area contributed by atoms with Crippen LogP contribution in [0, 0.1) is 15.9 Å². The second kappa shape index (κ2) is 9.19. The van der Waals surface area contributed by atoms with Gasteiger partial charge < -0.3 is 9.80 Å². The fraction of sp³-hybridized carbons (Fsp3) is 0.350. The molecule has 9 heteroatoms. The summed E-state index contributed by atoms with van der Waals surface area (Å²) in [5.74, 6) is -0.286. The van der Waals surface area contributed by atoms with Crippen LogP contribution in [0.15, 0.2) is 42.5 Å². The Kier molecular flexibility index (Phi) is 6.66. The summed E-state index contributed by atoms with van der Waals surface area (Å²) in [6.45, 7) is 2.79. The summed E-state index contributed by atoms with van der Waals surface area (Å²) in [6, 6.07) is 10.8. The maximum Gasteiger partial charge on any atom is 0.294 e. The van der Waals surface area contributed by atoms with Gasteiger partial charge in [-0.1, -0.05) is 23.7 Å². The third kappa shape index (κ3) is 5.42. The number of nitro groups is 1. The van der Waals surface area contributed by atoms with Gasteiger partial charge >= 0.3 is 0 Å². The molecule has 0 radical (unpaired) electrons. The maximum atomic E-state index is 13.0. The number of piperazine rings is 1. The number of anilines is 1. The summed E-state index contributed by atoms with van der Waals surface area (Å²) in [7, 11) is 1.84. The monoisotopic (exact) mass is 420 g/mol. The van der Waals surface area contributed by atoms with Crippen LogP contribution >= 0.6 is 11.6 Å². The van der Waals surface area contributed by atoms with Crippen molar-refractivity contribution in [1.82, 2.24) is 9.80 Å². The van der Waals surface area contributed by atoms with Crippen molar-refractivity contribution in [3.8, 4) is 0 Å². The average molecular weight is 421 g/mol. The Labute approximate surface area is 173 Å². The van der Waals surface area contributed by atoms with Crippen LogP contribution in [0.5, 0.6) is 0 Å². The van der Waals surface area contributed by atoms with Gasteiger partial charge in [-0.15, -0.1) is 0 Å². The van der Waals surface area contributed by atoms with E-state index in [4.69, 9.17) is 11.6 Å². The Morgan fingerprint density at radius 2 is 1.83 bits per heavy atom. The highest BCUT2D eigenvalue weighted by molar-refractivity contribution is 6.30. The van der Waals surface area contributed by atoms with Crippen molar-refractivity contribution in [1.29, 1.82) is 0 Å². The highest BCUT2D eigenvalue weighted by atomic mass is 35.5. The SMILES string of the molecule is CN(CC(=O)N1CCN(c2ccc(Cl)cc2[N+](=O)[O-])CC1)Cc1ccc(F)cc1. The zero-order valence-corrected chi connectivity index (χ0v) is 16.8. The number of nitrogens with zero attached hydrogens (tertiary/aromatic N) is 4. The molecule has 1 heterocycles. The first kappa shape index (κ1) is 21.0. The molecule has 1 amide bonds. The van der Waals surface area contributed by atoms with Crippen LogP contribution < -0.4 is 4.90 Å². The van der Waals surface area contributed by atoms with Crippen LogP contribution in [-0.2, 0) is 11.3 Å². The molecule has 7 nitrogen and oxygen atoms in total. The van der Waals surface area contributed by atoms with E-state index in [1.165, 1.54) is 18.2 Å². The van der Waals surface area contributed by atoms with E-state index < -0.39 is 4.92 Å². The summed E-state index contributed by atoms with van der Waals surface area (Å²) in [5.41, 5.74) is 1.41. The van der Waals surface area contributed by atoms with E-state index in [0.717, 1.165) is 5.56 Å². The second-order valence-electron chi connectivity index (χ2n) is 7.06. The van der Waals surface area contributed by atoms with Gasteiger partial charge in [0.15, 0.2) is 0 Å². The van der Waals surface area contributed by atoms with Crippen LogP contribution in [-0.4, -0.2) is 60.4 Å². The predicted octanol–water partition coefficient (Wildman–Crippen LogP) is 3.17. The summed E-state index contributed by atoms with van der Waals surface area (Å²) in [5, 5.41) is 11.6. The van der Waals surface area contributed by atoms with Gasteiger partial charge in [0.25, 0.3) is 5.69 Å². The molecular weight excluding hydrogens is 399 g/mol. The molecule has 3 rings (SSSR count). The Balaban J connectivity index is 1.54. The van der Waals surface area contributed by atoms with Gasteiger partial charge in [0.05, 0.1) is 11.5 Å². The van der Waals surface area contributed by atoms with Crippen molar-refractivity contribution in [2.45, 2.75) is 6.54 Å². The first-order valence-corrected chi connectivity index (χ1v) is 9.61. The third-order valence-electron chi connectivity index (χ3n) is 4.88. The number of benzene rings is 2. The number of carbonyl (C=O) groups excluding carboxylic acids is 1. The van der Waals surface area contributed by atoms with Crippen molar-refractivity contribution < 1.29 is 14.1 Å². The lowest BCUT2D eigenvalue weighted by Gasteiger charge is -2.36. The van der Waals surface area contributed by atoms with Crippen molar-refractivity contribution in [2.75, 3.05) is 44.7 Å². The molecule has 1 fully saturated rings. The van der Waals surface area contributed by atoms with E-state index in [-0.39, 0.29) is 24.0 Å². The number of carbonyl (C=O) groups is 1. The van der Waals surface area contributed by atoms with Gasteiger partial charge in [0.2, 0.25) is 5.91 Å². The van der Waals surface area contributed by atoms with Gasteiger partial charge in [-0.05, 0) is 36.9 Å². The minimum atomic E-state index is -0.441. The number of nitro benzene ring substituents is 1. The third-order valence-corrected chi connectivity index (χ3v) is 5.11. The molecule has 29 heavy (non-hydrogen) atoms. The van der Waals surface area contributed by atoms with E-state index in [1.807, 2.05) is 16.8 Å². The highest BCUT2D eigenvalue weighted by Gasteiger charge is 2.26. The van der Waals surface area contributed by atoms with E-state index in [0.29, 0.717) is 43.4 Å². The number of amides is 1. The average Bonchev–Trinajstić information content (AvgIpc) is 2.69. The first-order chi connectivity index (χ1) is 13.8. The quantitative estimate of drug-likeness (QED) is 0.530. The van der Waals surface area contributed by atoms with Crippen LogP contribution in [0.4, 0.5) is 15.8 Å². The fourth-order valence-corrected chi connectivity index (χ4v) is 3.56. The predicted molar refractivity (Wildman–Crippen MR) is 110 cm³/mol. The molecule has 154 valence electrons. The number of hydrogen-bond acceptors (Lipinski definition) is 5. The number of likely N-dealkylation sites (N-methyl/N-ethyl adjacent to an activating group) is 1. The largest absolute Gasteiger partial charge is 0.362 e. The van der Waals surface area contributed by atoms with E-state index in [9.17, 15) is 19.3 Å². The zero-order chi connectivity index (χ0) is 21.0. The minimum absolute atomic E-state index is 0.000123. The van der Waals surface area contributed by atoms with Crippen molar-refractivity contribution in [2.24, 2.45) is 0 Å². The number of halogens is 2. The minimum Gasteiger partial charge on any atom is -0.362 e. The van der Waals surface area contributed by atoms with Gasteiger partial charge in [-0.25, -0.2) is 4.39 Å². The normalized spacial score (nSPS) is 14.3. The molecule has 0 saturated carbocycles. The van der Waals surface area contributed by atoms with Gasteiger partial charge in [-0.3, -0.25) is 19.8 Å². The van der Waals surface area contributed by atoms with Crippen molar-refractivity contribution in [3.05, 3.63) is 69.0 Å². The molecule has 2 aromatic rings. The molecule has 1 aliphatic heterocycles. The molecule has 0 unspecified atom stereocenters. The number of rotatable bonds is 6. The summed E-state index contributed by atoms with van der Waals surface area (Å²) < 4.78 is 13.0. The Morgan fingerprint density at radius 3 is 2.45 bits per heavy atom. The van der Waals surface area contributed by atoms with Crippen LogP contribution in [0.1, 0.15) is 5.56 Å². The molecule has 0 bridgehead atoms. The van der Waals surface area contributed by atoms with E-state index in [1.54, 1.807) is 29.2 Å². The molecule has 0 aromatic heterocycles. The fourth-order valence-electron chi connectivity index (χ4n) is 3.40. The molecule has 2 aromatic carbocycles. The lowest BCUT2D eigenvalue weighted by atomic mass is 10.2. The molecule has 0 spiro atoms. The Hall–Kier alpha value is -2.71. The lowest BCUT2D eigenvalue weighted by Crippen LogP contribution is -2.51. The van der Waals surface area contributed by atoms with Gasteiger partial charge in [-0.2, -0.15) is 0 Å². The topological polar surface area (TPSA) is 69.9 Å². The smallest absolute Gasteiger partial charge is 0.294 e. The number of hydrogen-bond donors (Lipinski definition) is 0. The molecule has 1 aliphatic rings. The molecular formula is C20H22ClFN4O3. The van der Waals surface area contributed by atoms with Crippen LogP contribution in [0.2, 0.25) is 5.02 Å². The summed E-state index contributed by atoms with van der Waals surface area (Å²) in [6.07, 6.45) is 0. The second-order valence-corrected chi connectivity index (χ2v) is 7.49. The van der Waals surface area contributed by atoms with Crippen LogP contribution in [0.3, 0.4) is 0 Å². The van der Waals surface area contributed by atoms with Gasteiger partial charge in [0.1, 0.15) is 11.5 Å². The van der Waals surface area contributed by atoms with E-state index >= 15 is 0 Å². The standard InChI is InChI=1S/C20H22ClFN4O3/c1-23(13-15-2-5-17(22)6-3-15)14-20(27)25-10-8-24(9-11-25)18-7-4-16(21)12-19(18)26(28)29/h2-7,12H,8-11,13-14H2,1H3. The van der Waals surface area contributed by atoms with Gasteiger partial charge in [0, 0.05) is 43.8 Å². The van der Waals surface area contributed by atoms with Crippen molar-refractivity contribution >= 4 is 28.9 Å². The lowest BCUT2D eigenvalue weighted by molar-refractivity contribution is -0.384. The summed E-state index contributed by atoms with van der Waals surface area (Å²) in [4.78, 5) is 29.0. The maximum absolute atomic E-state index is 13.0. The molecule has 1 saturated heterocycles. The van der Waals surface area contributed by atoms with Crippen molar-refractivity contribution in [3.63, 3.8) is 0 Å².